The molecule has 0 aliphatic carbocycles. The standard InChI is InChI=1S/C56H72N10O14S/c1-30(2)47(64-50(73)40(21-24-81-4)60-49(72)38(57)28-46(69)70)53(76)61-41(25-32-13-17-35(67)18-14-32)51(74)59-31(3)48(71)62-42(26-33-15-19-36(68)20-16-33)54(77)66-23-8-12-45(66)55(78)65-22-7-11-44(65)52(75)63-43(56(79)80)27-34-29-58-39-10-6-5-9-37(34)39/h5-6,9-10,13-20,29-31,38,40-45,47,58,67-68H,7-8,11-12,21-28,57H2,1-4H3,(H,59,74)(H,60,72)(H,61,76)(H,62,71)(H,63,75)(H,64,73)(H,69,70)(H,79,80)/t31-,38-,40-,41-,42-,43-,44-,45-,47-/m0/s1. The van der Waals surface area contributed by atoms with Crippen molar-refractivity contribution in [3.8, 4) is 11.5 Å². The molecule has 0 unspecified atom stereocenters. The number of aromatic hydroxyl groups is 2. The SMILES string of the molecule is CSCC[C@H](NC(=O)[C@@H](N)CC(=O)O)C(=O)N[C@H](C(=O)N[C@@H](Cc1ccc(O)cc1)C(=O)N[C@@H](C)C(=O)N[C@@H](Cc1ccc(O)cc1)C(=O)N1CCC[C@H]1C(=O)N1CCC[C@H]1C(=O)N[C@@H](Cc1c[nH]c2ccccc12)C(=O)O)C(C)C. The van der Waals surface area contributed by atoms with Crippen LogP contribution in [0.4, 0.5) is 0 Å². The Bertz CT molecular complexity index is 2920. The van der Waals surface area contributed by atoms with E-state index in [0.717, 1.165) is 10.9 Å². The number of carboxylic acid groups (broad SMARTS) is 2. The van der Waals surface area contributed by atoms with Crippen LogP contribution in [0.5, 0.6) is 11.5 Å². The largest absolute Gasteiger partial charge is 0.508 e. The van der Waals surface area contributed by atoms with E-state index in [2.05, 4.69) is 36.9 Å². The van der Waals surface area contributed by atoms with Crippen molar-refractivity contribution in [2.24, 2.45) is 11.7 Å². The molecule has 81 heavy (non-hydrogen) atoms. The molecule has 0 saturated carbocycles. The third-order valence-electron chi connectivity index (χ3n) is 14.3. The van der Waals surface area contributed by atoms with Gasteiger partial charge in [-0.15, -0.1) is 0 Å². The number of aromatic nitrogens is 1. The van der Waals surface area contributed by atoms with Gasteiger partial charge in [-0.05, 0) is 104 Å². The predicted molar refractivity (Wildman–Crippen MR) is 298 cm³/mol. The van der Waals surface area contributed by atoms with Gasteiger partial charge in [-0.25, -0.2) is 4.79 Å². The Hall–Kier alpha value is -8.19. The summed E-state index contributed by atoms with van der Waals surface area (Å²) in [5.41, 5.74) is 8.24. The molecule has 13 N–H and O–H groups in total. The van der Waals surface area contributed by atoms with Crippen LogP contribution in [-0.4, -0.2) is 174 Å². The number of aromatic amines is 1. The van der Waals surface area contributed by atoms with Crippen molar-refractivity contribution < 1.29 is 68.4 Å². The molecule has 2 fully saturated rings. The molecule has 0 bridgehead atoms. The van der Waals surface area contributed by atoms with Gasteiger partial charge >= 0.3 is 11.9 Å². The second-order valence-electron chi connectivity index (χ2n) is 20.7. The normalized spacial score (nSPS) is 17.7. The molecular weight excluding hydrogens is 1070 g/mol. The van der Waals surface area contributed by atoms with Crippen LogP contribution in [0.1, 0.15) is 76.0 Å². The molecule has 9 atom stereocenters. The fourth-order valence-electron chi connectivity index (χ4n) is 9.91. The van der Waals surface area contributed by atoms with Crippen LogP contribution in [0.25, 0.3) is 10.9 Å². The van der Waals surface area contributed by atoms with E-state index in [1.165, 1.54) is 64.9 Å². The van der Waals surface area contributed by atoms with Crippen LogP contribution in [-0.2, 0) is 67.2 Å². The van der Waals surface area contributed by atoms with E-state index in [-0.39, 0.29) is 63.1 Å². The number of likely N-dealkylation sites (tertiary alicyclic amines) is 2. The highest BCUT2D eigenvalue weighted by Crippen LogP contribution is 2.27. The summed E-state index contributed by atoms with van der Waals surface area (Å²) in [5, 5.41) is 55.9. The second kappa shape index (κ2) is 28.8. The number of thioether (sulfide) groups is 1. The molecule has 4 aromatic rings. The number of H-pyrrole nitrogens is 1. The van der Waals surface area contributed by atoms with Gasteiger partial charge < -0.3 is 72.8 Å². The molecule has 24 nitrogen and oxygen atoms in total. The number of nitrogens with one attached hydrogen (secondary N) is 7. The number of aliphatic carboxylic acids is 2. The number of carboxylic acids is 2. The van der Waals surface area contributed by atoms with Crippen molar-refractivity contribution in [2.45, 2.75) is 133 Å². The van der Waals surface area contributed by atoms with Gasteiger partial charge in [0.05, 0.1) is 12.5 Å². The summed E-state index contributed by atoms with van der Waals surface area (Å²) >= 11 is 1.37. The Morgan fingerprint density at radius 2 is 1.21 bits per heavy atom. The third kappa shape index (κ3) is 16.9. The Balaban J connectivity index is 1.16. The number of phenolic OH excluding ortho intramolecular Hbond substituents is 2. The van der Waals surface area contributed by atoms with Gasteiger partial charge in [0.2, 0.25) is 47.3 Å². The predicted octanol–water partition coefficient (Wildman–Crippen LogP) is 0.813. The van der Waals surface area contributed by atoms with Crippen molar-refractivity contribution in [1.82, 2.24) is 46.7 Å². The molecule has 0 radical (unpaired) electrons. The van der Waals surface area contributed by atoms with E-state index < -0.39 is 126 Å². The van der Waals surface area contributed by atoms with E-state index in [4.69, 9.17) is 10.8 Å². The number of phenols is 2. The summed E-state index contributed by atoms with van der Waals surface area (Å²) in [6.07, 6.45) is 3.88. The zero-order valence-electron chi connectivity index (χ0n) is 45.5. The molecule has 436 valence electrons. The first-order valence-corrected chi connectivity index (χ1v) is 28.2. The fourth-order valence-corrected chi connectivity index (χ4v) is 10.4. The van der Waals surface area contributed by atoms with Crippen molar-refractivity contribution in [3.05, 3.63) is 95.7 Å². The molecule has 2 aliphatic heterocycles. The van der Waals surface area contributed by atoms with Crippen LogP contribution in [0.15, 0.2) is 79.0 Å². The van der Waals surface area contributed by atoms with Crippen LogP contribution in [0, 0.1) is 5.92 Å². The molecule has 8 amide bonds. The second-order valence-corrected chi connectivity index (χ2v) is 21.7. The maximum Gasteiger partial charge on any atom is 0.326 e. The molecule has 3 aromatic carbocycles. The van der Waals surface area contributed by atoms with E-state index in [1.54, 1.807) is 38.4 Å². The number of benzene rings is 3. The fraction of sp³-hybridized carbons (Fsp3) is 0.464. The first-order chi connectivity index (χ1) is 38.5. The van der Waals surface area contributed by atoms with Gasteiger partial charge in [0.15, 0.2) is 0 Å². The summed E-state index contributed by atoms with van der Waals surface area (Å²) < 4.78 is 0. The summed E-state index contributed by atoms with van der Waals surface area (Å²) in [6, 6.07) is 7.59. The monoisotopic (exact) mass is 1140 g/mol. The minimum Gasteiger partial charge on any atom is -0.508 e. The molecular formula is C56H72N10O14S. The highest BCUT2D eigenvalue weighted by molar-refractivity contribution is 7.98. The zero-order valence-corrected chi connectivity index (χ0v) is 46.3. The minimum absolute atomic E-state index is 0.0227. The van der Waals surface area contributed by atoms with Gasteiger partial charge in [-0.2, -0.15) is 11.8 Å². The van der Waals surface area contributed by atoms with Crippen molar-refractivity contribution >= 4 is 81.9 Å². The highest BCUT2D eigenvalue weighted by Gasteiger charge is 2.45. The number of nitrogens with zero attached hydrogens (tertiary/aromatic N) is 2. The van der Waals surface area contributed by atoms with Crippen LogP contribution in [0.2, 0.25) is 0 Å². The average molecular weight is 1140 g/mol. The molecule has 6 rings (SSSR count). The Labute approximate surface area is 472 Å². The molecule has 25 heteroatoms. The lowest BCUT2D eigenvalue weighted by Gasteiger charge is -2.33. The number of nitrogens with two attached hydrogens (primary N) is 1. The smallest absolute Gasteiger partial charge is 0.326 e. The number of fused-ring (bicyclic) bond motifs is 1. The summed E-state index contributed by atoms with van der Waals surface area (Å²) in [5.74, 6) is -8.87. The summed E-state index contributed by atoms with van der Waals surface area (Å²) in [4.78, 5) is 142. The number of amides is 8. The number of carbonyl (C=O) groups excluding carboxylic acids is 8. The number of para-hydroxylation sites is 1. The number of hydrogen-bond donors (Lipinski definition) is 12. The van der Waals surface area contributed by atoms with Crippen molar-refractivity contribution in [1.29, 1.82) is 0 Å². The van der Waals surface area contributed by atoms with Gasteiger partial charge in [-0.3, -0.25) is 43.2 Å². The zero-order chi connectivity index (χ0) is 59.1. The average Bonchev–Trinajstić information content (AvgIpc) is 4.23. The molecule has 2 saturated heterocycles. The van der Waals surface area contributed by atoms with Crippen molar-refractivity contribution in [3.63, 3.8) is 0 Å². The number of rotatable bonds is 27. The highest BCUT2D eigenvalue weighted by atomic mass is 32.2. The Morgan fingerprint density at radius 3 is 1.81 bits per heavy atom. The van der Waals surface area contributed by atoms with Crippen LogP contribution in [0.3, 0.4) is 0 Å². The minimum atomic E-state index is -1.46. The lowest BCUT2D eigenvalue weighted by molar-refractivity contribution is -0.148. The Kier molecular flexibility index (Phi) is 22.1. The number of carbonyl (C=O) groups is 10. The quantitative estimate of drug-likeness (QED) is 0.0393. The maximum absolute atomic E-state index is 14.8. The molecule has 2 aliphatic rings. The maximum atomic E-state index is 14.8. The summed E-state index contributed by atoms with van der Waals surface area (Å²) in [7, 11) is 0. The van der Waals surface area contributed by atoms with Crippen LogP contribution >= 0.6 is 11.8 Å². The van der Waals surface area contributed by atoms with Crippen molar-refractivity contribution in [2.75, 3.05) is 25.1 Å². The van der Waals surface area contributed by atoms with E-state index in [0.29, 0.717) is 35.3 Å². The third-order valence-corrected chi connectivity index (χ3v) is 15.0. The molecule has 0 spiro atoms. The first kappa shape index (κ1) is 62.0. The van der Waals surface area contributed by atoms with E-state index >= 15 is 0 Å². The lowest BCUT2D eigenvalue weighted by atomic mass is 10.00. The number of hydrogen-bond acceptors (Lipinski definition) is 14. The van der Waals surface area contributed by atoms with Crippen LogP contribution < -0.4 is 37.6 Å². The molecule has 3 heterocycles. The first-order valence-electron chi connectivity index (χ1n) is 26.8. The van der Waals surface area contributed by atoms with E-state index in [9.17, 15) is 63.3 Å². The summed E-state index contributed by atoms with van der Waals surface area (Å²) in [6.45, 7) is 4.91. The van der Waals surface area contributed by atoms with E-state index in [1.807, 2.05) is 24.3 Å². The van der Waals surface area contributed by atoms with Gasteiger partial charge in [0.25, 0.3) is 0 Å². The topological polar surface area (TPSA) is 372 Å². The van der Waals surface area contributed by atoms with Gasteiger partial charge in [0, 0.05) is 49.5 Å². The Morgan fingerprint density at radius 1 is 0.642 bits per heavy atom. The molecule has 1 aromatic heterocycles. The van der Waals surface area contributed by atoms with Gasteiger partial charge in [-0.1, -0.05) is 56.3 Å². The van der Waals surface area contributed by atoms with Gasteiger partial charge in [0.1, 0.15) is 59.8 Å². The lowest BCUT2D eigenvalue weighted by Crippen LogP contribution is -2.61.